The fourth-order valence-electron chi connectivity index (χ4n) is 6.76. The summed E-state index contributed by atoms with van der Waals surface area (Å²) in [6.45, 7) is 19.9. The van der Waals surface area contributed by atoms with Gasteiger partial charge in [0, 0.05) is 27.9 Å². The third-order valence-corrected chi connectivity index (χ3v) is 10.4. The minimum Gasteiger partial charge on any atom is -0.508 e. The molecule has 0 aliphatic heterocycles. The number of phenolic OH excluding ortho intramolecular Hbond substituents is 3. The molecular weight excluding hydrogens is 629 g/mol. The second-order valence-electron chi connectivity index (χ2n) is 14.8. The van der Waals surface area contributed by atoms with E-state index < -0.39 is 16.7 Å². The standard InChI is InChI=1S/C47H50O4/c1-10-29(2)44(50)40(28-46(6,7)36-20-22-41(48)30(3)24-36)43(35-18-16-34(17-19-35)33-14-12-11-13-15-33)39-27-38(26-32(5)45(39)51)47(8,9)37-21-23-42(49)31(4)25-37/h10-28,43,48-51H,1H2,2-9H3/b40-28-,44-29+. The van der Waals surface area contributed by atoms with Gasteiger partial charge in [-0.1, -0.05) is 137 Å². The first-order valence-electron chi connectivity index (χ1n) is 17.4. The van der Waals surface area contributed by atoms with Crippen molar-refractivity contribution in [3.05, 3.63) is 183 Å². The number of phenols is 3. The molecule has 0 aromatic heterocycles. The number of aliphatic hydroxyl groups excluding tert-OH is 1. The zero-order chi connectivity index (χ0) is 37.2. The zero-order valence-electron chi connectivity index (χ0n) is 31.0. The smallest absolute Gasteiger partial charge is 0.122 e. The van der Waals surface area contributed by atoms with Crippen molar-refractivity contribution in [2.45, 2.75) is 72.1 Å². The lowest BCUT2D eigenvalue weighted by atomic mass is 9.72. The molecule has 51 heavy (non-hydrogen) atoms. The minimum atomic E-state index is -0.601. The van der Waals surface area contributed by atoms with E-state index in [1.165, 1.54) is 0 Å². The van der Waals surface area contributed by atoms with Crippen molar-refractivity contribution >= 4 is 0 Å². The Balaban J connectivity index is 1.82. The van der Waals surface area contributed by atoms with Gasteiger partial charge in [-0.3, -0.25) is 0 Å². The summed E-state index contributed by atoms with van der Waals surface area (Å²) in [6, 6.07) is 33.9. The van der Waals surface area contributed by atoms with E-state index in [4.69, 9.17) is 0 Å². The van der Waals surface area contributed by atoms with Gasteiger partial charge in [0.15, 0.2) is 0 Å². The van der Waals surface area contributed by atoms with Gasteiger partial charge in [0.2, 0.25) is 0 Å². The molecule has 0 amide bonds. The first-order valence-corrected chi connectivity index (χ1v) is 17.4. The maximum Gasteiger partial charge on any atom is 0.122 e. The van der Waals surface area contributed by atoms with Crippen molar-refractivity contribution in [3.8, 4) is 28.4 Å². The van der Waals surface area contributed by atoms with Crippen LogP contribution in [0.15, 0.2) is 139 Å². The highest BCUT2D eigenvalue weighted by atomic mass is 16.3. The molecule has 1 atom stereocenters. The lowest BCUT2D eigenvalue weighted by Gasteiger charge is -2.32. The summed E-state index contributed by atoms with van der Waals surface area (Å²) < 4.78 is 0. The molecule has 0 saturated heterocycles. The van der Waals surface area contributed by atoms with Crippen LogP contribution in [-0.2, 0) is 10.8 Å². The molecule has 5 rings (SSSR count). The molecule has 0 heterocycles. The second-order valence-corrected chi connectivity index (χ2v) is 14.8. The van der Waals surface area contributed by atoms with Crippen molar-refractivity contribution in [3.63, 3.8) is 0 Å². The fraction of sp³-hybridized carbons (Fsp3) is 0.234. The summed E-state index contributed by atoms with van der Waals surface area (Å²) in [5.41, 5.74) is 9.11. The third-order valence-electron chi connectivity index (χ3n) is 10.4. The van der Waals surface area contributed by atoms with Gasteiger partial charge >= 0.3 is 0 Å². The summed E-state index contributed by atoms with van der Waals surface area (Å²) >= 11 is 0. The van der Waals surface area contributed by atoms with Gasteiger partial charge in [0.25, 0.3) is 0 Å². The summed E-state index contributed by atoms with van der Waals surface area (Å²) in [7, 11) is 0. The molecule has 1 unspecified atom stereocenters. The van der Waals surface area contributed by atoms with E-state index >= 15 is 0 Å². The number of rotatable bonds is 10. The summed E-state index contributed by atoms with van der Waals surface area (Å²) in [4.78, 5) is 0. The van der Waals surface area contributed by atoms with Gasteiger partial charge in [-0.25, -0.2) is 0 Å². The molecule has 0 aliphatic rings. The van der Waals surface area contributed by atoms with Crippen molar-refractivity contribution in [1.82, 2.24) is 0 Å². The quantitative estimate of drug-likeness (QED) is 0.0875. The topological polar surface area (TPSA) is 80.9 Å². The molecule has 5 aromatic rings. The van der Waals surface area contributed by atoms with Crippen LogP contribution in [0, 0.1) is 20.8 Å². The van der Waals surface area contributed by atoms with Crippen LogP contribution in [0.5, 0.6) is 17.2 Å². The predicted octanol–water partition coefficient (Wildman–Crippen LogP) is 11.8. The molecule has 0 saturated carbocycles. The van der Waals surface area contributed by atoms with Gasteiger partial charge < -0.3 is 20.4 Å². The van der Waals surface area contributed by atoms with E-state index in [1.54, 1.807) is 18.2 Å². The number of aromatic hydroxyl groups is 3. The van der Waals surface area contributed by atoms with Crippen molar-refractivity contribution in [2.75, 3.05) is 0 Å². The van der Waals surface area contributed by atoms with E-state index in [1.807, 2.05) is 76.2 Å². The van der Waals surface area contributed by atoms with E-state index in [2.05, 4.69) is 82.8 Å². The Morgan fingerprint density at radius 2 is 1.18 bits per heavy atom. The Morgan fingerprint density at radius 3 is 1.75 bits per heavy atom. The van der Waals surface area contributed by atoms with E-state index in [-0.39, 0.29) is 23.0 Å². The highest BCUT2D eigenvalue weighted by Crippen LogP contribution is 2.46. The molecule has 0 spiro atoms. The van der Waals surface area contributed by atoms with Gasteiger partial charge in [-0.15, -0.1) is 0 Å². The average molecular weight is 679 g/mol. The van der Waals surface area contributed by atoms with Crippen LogP contribution in [0.2, 0.25) is 0 Å². The van der Waals surface area contributed by atoms with Crippen LogP contribution in [0.1, 0.15) is 85.0 Å². The first-order chi connectivity index (χ1) is 24.0. The molecule has 0 fully saturated rings. The molecule has 262 valence electrons. The van der Waals surface area contributed by atoms with Gasteiger partial charge in [-0.2, -0.15) is 0 Å². The largest absolute Gasteiger partial charge is 0.508 e. The maximum absolute atomic E-state index is 12.1. The molecule has 5 aromatic carbocycles. The molecule has 0 radical (unpaired) electrons. The predicted molar refractivity (Wildman–Crippen MR) is 211 cm³/mol. The number of aliphatic hydroxyl groups is 1. The number of hydrogen-bond donors (Lipinski definition) is 4. The zero-order valence-corrected chi connectivity index (χ0v) is 31.0. The van der Waals surface area contributed by atoms with Crippen molar-refractivity contribution in [2.24, 2.45) is 0 Å². The number of allylic oxidation sites excluding steroid dienone is 4. The Morgan fingerprint density at radius 1 is 0.647 bits per heavy atom. The lowest BCUT2D eigenvalue weighted by Crippen LogP contribution is -2.21. The molecule has 0 bridgehead atoms. The van der Waals surface area contributed by atoms with Crippen LogP contribution in [0.3, 0.4) is 0 Å². The fourth-order valence-corrected chi connectivity index (χ4v) is 6.76. The van der Waals surface area contributed by atoms with Gasteiger partial charge in [0.1, 0.15) is 23.0 Å². The summed E-state index contributed by atoms with van der Waals surface area (Å²) in [5, 5.41) is 44.7. The molecule has 4 heteroatoms. The third kappa shape index (κ3) is 7.51. The highest BCUT2D eigenvalue weighted by molar-refractivity contribution is 5.65. The van der Waals surface area contributed by atoms with Crippen molar-refractivity contribution in [1.29, 1.82) is 0 Å². The van der Waals surface area contributed by atoms with Crippen LogP contribution in [-0.4, -0.2) is 20.4 Å². The van der Waals surface area contributed by atoms with Gasteiger partial charge in [-0.05, 0) is 95.5 Å². The Kier molecular flexibility index (Phi) is 10.4. The lowest BCUT2D eigenvalue weighted by molar-refractivity contribution is 0.408. The van der Waals surface area contributed by atoms with Crippen LogP contribution >= 0.6 is 0 Å². The van der Waals surface area contributed by atoms with E-state index in [9.17, 15) is 20.4 Å². The average Bonchev–Trinajstić information content (AvgIpc) is 3.11. The van der Waals surface area contributed by atoms with Crippen LogP contribution in [0.4, 0.5) is 0 Å². The number of benzene rings is 5. The van der Waals surface area contributed by atoms with E-state index in [0.717, 1.165) is 44.5 Å². The Bertz CT molecular complexity index is 2130. The van der Waals surface area contributed by atoms with Crippen LogP contribution < -0.4 is 0 Å². The SMILES string of the molecule is C=C/C(C)=C(O)\C(=C/C(C)(C)c1ccc(O)c(C)c1)C(c1ccc(-c2ccccc2)cc1)c1cc(C(C)(C)c2ccc(O)c(C)c2)cc(C)c1O. The molecule has 0 aliphatic carbocycles. The molecule has 4 N–H and O–H groups in total. The summed E-state index contributed by atoms with van der Waals surface area (Å²) in [5.74, 6) is 0.128. The first kappa shape index (κ1) is 36.8. The second kappa shape index (κ2) is 14.4. The normalized spacial score (nSPS) is 13.5. The monoisotopic (exact) mass is 678 g/mol. The Labute approximate surface area is 303 Å². The Hall–Kier alpha value is -5.48. The highest BCUT2D eigenvalue weighted by Gasteiger charge is 2.32. The van der Waals surface area contributed by atoms with Crippen molar-refractivity contribution < 1.29 is 20.4 Å². The minimum absolute atomic E-state index is 0.0848. The molecular formula is C47H50O4. The van der Waals surface area contributed by atoms with Crippen LogP contribution in [0.25, 0.3) is 11.1 Å². The maximum atomic E-state index is 12.1. The molecule has 4 nitrogen and oxygen atoms in total. The van der Waals surface area contributed by atoms with Gasteiger partial charge in [0.05, 0.1) is 0 Å². The van der Waals surface area contributed by atoms with E-state index in [0.29, 0.717) is 22.3 Å². The summed E-state index contributed by atoms with van der Waals surface area (Å²) in [6.07, 6.45) is 3.72. The number of hydrogen-bond acceptors (Lipinski definition) is 4. The number of aryl methyl sites for hydroxylation is 3.